The lowest BCUT2D eigenvalue weighted by Gasteiger charge is -2.42. The van der Waals surface area contributed by atoms with Gasteiger partial charge in [-0.1, -0.05) is 32.2 Å². The number of aromatic nitrogens is 1. The van der Waals surface area contributed by atoms with Crippen LogP contribution in [0.5, 0.6) is 0 Å². The van der Waals surface area contributed by atoms with Crippen molar-refractivity contribution in [2.24, 2.45) is 5.92 Å². The van der Waals surface area contributed by atoms with Crippen molar-refractivity contribution in [3.63, 3.8) is 0 Å². The number of amides is 1. The molecule has 0 spiro atoms. The number of aromatic amines is 1. The van der Waals surface area contributed by atoms with E-state index in [1.807, 2.05) is 18.0 Å². The molecule has 3 nitrogen and oxygen atoms in total. The molecule has 1 saturated heterocycles. The zero-order valence-electron chi connectivity index (χ0n) is 13.2. The number of carbonyl (C=O) groups is 1. The quantitative estimate of drug-likeness (QED) is 0.852. The summed E-state index contributed by atoms with van der Waals surface area (Å²) < 4.78 is 0. The van der Waals surface area contributed by atoms with Crippen molar-refractivity contribution in [3.05, 3.63) is 54.8 Å². The van der Waals surface area contributed by atoms with Gasteiger partial charge in [-0.05, 0) is 36.1 Å². The Balaban J connectivity index is 1.87. The first-order chi connectivity index (χ1) is 10.5. The fourth-order valence-electron chi connectivity index (χ4n) is 3.32. The van der Waals surface area contributed by atoms with Crippen LogP contribution in [-0.2, 0) is 4.79 Å². The summed E-state index contributed by atoms with van der Waals surface area (Å²) >= 11 is 0. The first-order valence-corrected chi connectivity index (χ1v) is 7.70. The second-order valence-corrected chi connectivity index (χ2v) is 6.25. The van der Waals surface area contributed by atoms with Gasteiger partial charge < -0.3 is 9.88 Å². The predicted molar refractivity (Wildman–Crippen MR) is 91.7 cm³/mol. The van der Waals surface area contributed by atoms with Crippen molar-refractivity contribution in [1.29, 1.82) is 0 Å². The Hall–Kier alpha value is -2.29. The lowest BCUT2D eigenvalue weighted by Crippen LogP contribution is -2.51. The Morgan fingerprint density at radius 3 is 2.77 bits per heavy atom. The number of likely N-dealkylation sites (tertiary alicyclic amines) is 1. The molecule has 1 unspecified atom stereocenters. The average Bonchev–Trinajstić information content (AvgIpc) is 2.93. The number of nitrogens with zero attached hydrogens (tertiary/aromatic N) is 1. The third-order valence-corrected chi connectivity index (χ3v) is 4.81. The number of allylic oxidation sites excluding steroid dienone is 1. The van der Waals surface area contributed by atoms with Gasteiger partial charge in [-0.15, -0.1) is 0 Å². The largest absolute Gasteiger partial charge is 0.361 e. The number of nitrogens with one attached hydrogen (secondary N) is 1. The molecule has 114 valence electrons. The fourth-order valence-corrected chi connectivity index (χ4v) is 3.32. The maximum atomic E-state index is 11.6. The minimum absolute atomic E-state index is 0.0351. The van der Waals surface area contributed by atoms with Crippen LogP contribution in [0.1, 0.15) is 30.9 Å². The summed E-state index contributed by atoms with van der Waals surface area (Å²) in [6.45, 7) is 13.5. The molecule has 0 bridgehead atoms. The third kappa shape index (κ3) is 2.27. The normalized spacial score (nSPS) is 16.4. The molecule has 1 N–H and O–H groups in total. The number of carbonyl (C=O) groups excluding carboxylic acids is 1. The molecule has 1 atom stereocenters. The van der Waals surface area contributed by atoms with E-state index in [1.54, 1.807) is 0 Å². The summed E-state index contributed by atoms with van der Waals surface area (Å²) in [5.41, 5.74) is 4.75. The first-order valence-electron chi connectivity index (χ1n) is 7.70. The van der Waals surface area contributed by atoms with Crippen molar-refractivity contribution >= 4 is 22.4 Å². The van der Waals surface area contributed by atoms with E-state index in [9.17, 15) is 4.79 Å². The van der Waals surface area contributed by atoms with Crippen LogP contribution >= 0.6 is 0 Å². The van der Waals surface area contributed by atoms with E-state index in [0.717, 1.165) is 24.2 Å². The summed E-state index contributed by atoms with van der Waals surface area (Å²) in [5.74, 6) is 0.969. The molecule has 1 aromatic carbocycles. The molecule has 1 aromatic heterocycles. The minimum Gasteiger partial charge on any atom is -0.361 e. The van der Waals surface area contributed by atoms with Gasteiger partial charge in [-0.2, -0.15) is 0 Å². The van der Waals surface area contributed by atoms with Gasteiger partial charge in [-0.25, -0.2) is 0 Å². The van der Waals surface area contributed by atoms with Gasteiger partial charge >= 0.3 is 0 Å². The smallest absolute Gasteiger partial charge is 0.245 e. The molecule has 1 amide bonds. The summed E-state index contributed by atoms with van der Waals surface area (Å²) in [5, 5.41) is 1.27. The maximum absolute atomic E-state index is 11.6. The Morgan fingerprint density at radius 2 is 2.14 bits per heavy atom. The number of rotatable bonds is 4. The molecule has 0 aliphatic carbocycles. The van der Waals surface area contributed by atoms with E-state index in [0.29, 0.717) is 11.8 Å². The number of hydrogen-bond donors (Lipinski definition) is 1. The molecule has 1 aliphatic heterocycles. The molecule has 2 heterocycles. The molecular weight excluding hydrogens is 272 g/mol. The Labute approximate surface area is 131 Å². The second-order valence-electron chi connectivity index (χ2n) is 6.25. The van der Waals surface area contributed by atoms with Gasteiger partial charge in [0, 0.05) is 36.2 Å². The molecule has 3 rings (SSSR count). The van der Waals surface area contributed by atoms with Gasteiger partial charge in [0.05, 0.1) is 5.52 Å². The van der Waals surface area contributed by atoms with Gasteiger partial charge in [0.2, 0.25) is 5.91 Å². The predicted octanol–water partition coefficient (Wildman–Crippen LogP) is 3.95. The third-order valence-electron chi connectivity index (χ3n) is 4.81. The van der Waals surface area contributed by atoms with E-state index in [-0.39, 0.29) is 5.91 Å². The van der Waals surface area contributed by atoms with Crippen molar-refractivity contribution in [2.75, 3.05) is 13.1 Å². The van der Waals surface area contributed by atoms with Crippen LogP contribution in [-0.4, -0.2) is 28.9 Å². The van der Waals surface area contributed by atoms with Gasteiger partial charge in [0.1, 0.15) is 0 Å². The number of benzene rings is 1. The van der Waals surface area contributed by atoms with Gasteiger partial charge in [0.25, 0.3) is 0 Å². The highest BCUT2D eigenvalue weighted by atomic mass is 16.2. The summed E-state index contributed by atoms with van der Waals surface area (Å²) in [4.78, 5) is 16.8. The van der Waals surface area contributed by atoms with Crippen molar-refractivity contribution < 1.29 is 4.79 Å². The molecule has 1 aliphatic rings. The second kappa shape index (κ2) is 5.48. The fraction of sp³-hybridized carbons (Fsp3) is 0.316. The lowest BCUT2D eigenvalue weighted by atomic mass is 9.80. The minimum atomic E-state index is 0.0351. The Morgan fingerprint density at radius 1 is 1.41 bits per heavy atom. The Kier molecular flexibility index (Phi) is 3.65. The zero-order valence-corrected chi connectivity index (χ0v) is 13.2. The van der Waals surface area contributed by atoms with Crippen molar-refractivity contribution in [1.82, 2.24) is 9.88 Å². The highest BCUT2D eigenvalue weighted by Gasteiger charge is 2.34. The molecule has 22 heavy (non-hydrogen) atoms. The van der Waals surface area contributed by atoms with E-state index in [4.69, 9.17) is 0 Å². The first kappa shape index (κ1) is 14.6. The van der Waals surface area contributed by atoms with Crippen molar-refractivity contribution in [2.45, 2.75) is 19.8 Å². The monoisotopic (exact) mass is 294 g/mol. The van der Waals surface area contributed by atoms with Crippen LogP contribution in [0.4, 0.5) is 0 Å². The number of hydrogen-bond acceptors (Lipinski definition) is 1. The summed E-state index contributed by atoms with van der Waals surface area (Å²) in [6, 6.07) is 6.50. The molecule has 0 radical (unpaired) electrons. The van der Waals surface area contributed by atoms with E-state index >= 15 is 0 Å². The highest BCUT2D eigenvalue weighted by molar-refractivity contribution is 5.93. The number of H-pyrrole nitrogens is 1. The van der Waals surface area contributed by atoms with Gasteiger partial charge in [0.15, 0.2) is 0 Å². The van der Waals surface area contributed by atoms with E-state index < -0.39 is 0 Å². The standard InChI is InChI=1S/C19H22N2O/c1-5-18(22)21-10-14(11-21)13(4)16-7-6-15(12(2)3)19-17(16)8-9-20-19/h5-9,13-14,20H,1-2,10-11H2,3-4H3. The van der Waals surface area contributed by atoms with Gasteiger partial charge in [-0.3, -0.25) is 4.79 Å². The molecular formula is C19H22N2O. The summed E-state index contributed by atoms with van der Waals surface area (Å²) in [6.07, 6.45) is 3.38. The van der Waals surface area contributed by atoms with E-state index in [1.165, 1.54) is 22.6 Å². The van der Waals surface area contributed by atoms with Crippen LogP contribution in [0.3, 0.4) is 0 Å². The lowest BCUT2D eigenvalue weighted by molar-refractivity contribution is -0.132. The van der Waals surface area contributed by atoms with Crippen LogP contribution in [0.15, 0.2) is 43.6 Å². The van der Waals surface area contributed by atoms with Crippen LogP contribution < -0.4 is 0 Å². The number of fused-ring (bicyclic) bond motifs is 1. The average molecular weight is 294 g/mol. The highest BCUT2D eigenvalue weighted by Crippen LogP contribution is 2.37. The van der Waals surface area contributed by atoms with Crippen LogP contribution in [0.25, 0.3) is 16.5 Å². The SMILES string of the molecule is C=CC(=O)N1CC(C(C)c2ccc(C(=C)C)c3[nH]ccc23)C1. The van der Waals surface area contributed by atoms with Crippen molar-refractivity contribution in [3.8, 4) is 0 Å². The van der Waals surface area contributed by atoms with Crippen LogP contribution in [0, 0.1) is 5.92 Å². The Bertz CT molecular complexity index is 750. The molecule has 0 saturated carbocycles. The topological polar surface area (TPSA) is 36.1 Å². The maximum Gasteiger partial charge on any atom is 0.245 e. The molecule has 2 aromatic rings. The zero-order chi connectivity index (χ0) is 15.9. The molecule has 3 heteroatoms. The molecule has 1 fully saturated rings. The van der Waals surface area contributed by atoms with Crippen LogP contribution in [0.2, 0.25) is 0 Å². The summed E-state index contributed by atoms with van der Waals surface area (Å²) in [7, 11) is 0. The van der Waals surface area contributed by atoms with E-state index in [2.05, 4.69) is 43.3 Å².